The Balaban J connectivity index is 0.000000153. The van der Waals surface area contributed by atoms with Crippen LogP contribution in [0.15, 0.2) is 195 Å². The van der Waals surface area contributed by atoms with Gasteiger partial charge in [-0.2, -0.15) is 0 Å². The van der Waals surface area contributed by atoms with Gasteiger partial charge in [0.15, 0.2) is 0 Å². The molecular formula is C76H78Cl2N12O11S2. The van der Waals surface area contributed by atoms with E-state index in [1.165, 1.54) is 31.8 Å². The number of nitrogens with one attached hydrogen (secondary N) is 3. The molecule has 11 aromatic rings. The summed E-state index contributed by atoms with van der Waals surface area (Å²) in [5.41, 5.74) is 4.10. The second kappa shape index (κ2) is 37.6. The van der Waals surface area contributed by atoms with Gasteiger partial charge in [0.2, 0.25) is 0 Å². The van der Waals surface area contributed by atoms with Crippen LogP contribution in [-0.2, 0) is 33.8 Å². The minimum Gasteiger partial charge on any atom is -0.462 e. The van der Waals surface area contributed by atoms with Crippen molar-refractivity contribution in [2.75, 3.05) is 108 Å². The third-order valence-electron chi connectivity index (χ3n) is 16.7. The fourth-order valence-corrected chi connectivity index (χ4v) is 13.6. The van der Waals surface area contributed by atoms with E-state index in [1.54, 1.807) is 74.3 Å². The zero-order chi connectivity index (χ0) is 72.6. The van der Waals surface area contributed by atoms with Crippen LogP contribution in [0.2, 0.25) is 5.02 Å². The van der Waals surface area contributed by atoms with Crippen molar-refractivity contribution in [1.29, 1.82) is 0 Å². The van der Waals surface area contributed by atoms with E-state index in [4.69, 9.17) is 37.4 Å². The number of hydrogen-bond acceptors (Lipinski definition) is 21. The van der Waals surface area contributed by atoms with Crippen LogP contribution in [0.4, 0.5) is 11.4 Å². The number of benzene rings is 3. The number of rotatable bonds is 16. The minimum atomic E-state index is -0.722. The largest absolute Gasteiger partial charge is 0.462 e. The zero-order valence-electron chi connectivity index (χ0n) is 57.1. The second-order valence-corrected chi connectivity index (χ2v) is 25.9. The number of amides is 1. The molecule has 1 amide bonds. The molecule has 0 saturated carbocycles. The van der Waals surface area contributed by atoms with Crippen LogP contribution in [0, 0.1) is 0 Å². The Morgan fingerprint density at radius 1 is 0.427 bits per heavy atom. The normalized spacial score (nSPS) is 13.4. The van der Waals surface area contributed by atoms with Gasteiger partial charge in [-0.3, -0.25) is 37.7 Å². The summed E-state index contributed by atoms with van der Waals surface area (Å²) in [6.45, 7) is 16.0. The molecule has 103 heavy (non-hydrogen) atoms. The average molecular weight is 1470 g/mol. The number of piperazine rings is 3. The molecular weight excluding hydrogens is 1390 g/mol. The number of thiophene rings is 2. The Kier molecular flexibility index (Phi) is 27.5. The molecule has 3 aliphatic heterocycles. The maximum Gasteiger partial charge on any atom is 0.345 e. The maximum atomic E-state index is 13.8. The Labute approximate surface area is 612 Å². The summed E-state index contributed by atoms with van der Waals surface area (Å²) >= 11 is 14.2. The molecule has 3 saturated heterocycles. The van der Waals surface area contributed by atoms with E-state index in [1.807, 2.05) is 142 Å². The van der Waals surface area contributed by atoms with Crippen molar-refractivity contribution in [3.05, 3.63) is 260 Å². The van der Waals surface area contributed by atoms with Gasteiger partial charge in [0.05, 0.1) is 65.6 Å². The topological polar surface area (TPSA) is 264 Å². The van der Waals surface area contributed by atoms with Gasteiger partial charge in [-0.1, -0.05) is 115 Å². The molecule has 3 N–H and O–H groups in total. The third-order valence-corrected chi connectivity index (χ3v) is 19.1. The molecule has 0 atom stereocenters. The summed E-state index contributed by atoms with van der Waals surface area (Å²) < 4.78 is 20.2. The van der Waals surface area contributed by atoms with Crippen LogP contribution in [0.5, 0.6) is 0 Å². The van der Waals surface area contributed by atoms with Gasteiger partial charge in [0.1, 0.15) is 33.6 Å². The number of pyridine rings is 6. The van der Waals surface area contributed by atoms with Crippen LogP contribution in [0.25, 0.3) is 33.1 Å². The summed E-state index contributed by atoms with van der Waals surface area (Å²) in [6.07, 6.45) is 4.91. The van der Waals surface area contributed by atoms with Gasteiger partial charge < -0.3 is 44.9 Å². The first-order valence-electron chi connectivity index (χ1n) is 33.7. The SMILES string of the molecule is C1CNCCN1.CCOC(=O)c1c(Cl)c2cccnc2n(Cc2ccccc2)c1=O.CCOC(=O)c1c(N2CCN(C(=O)c3cccs3)CC2)c2cccnc2n(Cc2ccccc2)c1=O.CCOC(=O)c1c(N2CCNCC2)c2cccnc2n(Cc2ccccc2)c1=O.O=C(Cl)c1cccs1. The molecule has 3 aliphatic rings. The molecule has 3 fully saturated rings. The lowest BCUT2D eigenvalue weighted by Gasteiger charge is -2.37. The molecule has 0 spiro atoms. The number of carbonyl (C=O) groups is 5. The highest BCUT2D eigenvalue weighted by molar-refractivity contribution is 7.14. The van der Waals surface area contributed by atoms with Crippen LogP contribution < -0.4 is 42.4 Å². The molecule has 3 aromatic carbocycles. The number of ether oxygens (including phenoxy) is 3. The van der Waals surface area contributed by atoms with Gasteiger partial charge in [-0.25, -0.2) is 29.3 Å². The first-order chi connectivity index (χ1) is 50.2. The van der Waals surface area contributed by atoms with Gasteiger partial charge >= 0.3 is 17.9 Å². The van der Waals surface area contributed by atoms with Gasteiger partial charge in [0, 0.05) is 113 Å². The lowest BCUT2D eigenvalue weighted by Crippen LogP contribution is -2.49. The number of nitrogens with zero attached hydrogens (tertiary/aromatic N) is 9. The van der Waals surface area contributed by atoms with Gasteiger partial charge in [-0.05, 0) is 108 Å². The van der Waals surface area contributed by atoms with Crippen LogP contribution in [0.1, 0.15) is 87.9 Å². The number of esters is 3. The monoisotopic (exact) mass is 1470 g/mol. The van der Waals surface area contributed by atoms with E-state index in [2.05, 4.69) is 35.8 Å². The number of halogens is 2. The lowest BCUT2D eigenvalue weighted by atomic mass is 10.1. The highest BCUT2D eigenvalue weighted by atomic mass is 35.5. The number of carbonyl (C=O) groups excluding carboxylic acids is 5. The highest BCUT2D eigenvalue weighted by Crippen LogP contribution is 2.33. The smallest absolute Gasteiger partial charge is 0.345 e. The highest BCUT2D eigenvalue weighted by Gasteiger charge is 2.33. The fraction of sp³-hybridized carbons (Fsp3) is 0.276. The quantitative estimate of drug-likeness (QED) is 0.0461. The first kappa shape index (κ1) is 75.4. The lowest BCUT2D eigenvalue weighted by molar-refractivity contribution is 0.0514. The zero-order valence-corrected chi connectivity index (χ0v) is 60.3. The number of aromatic nitrogens is 6. The molecule has 27 heteroatoms. The molecule has 11 heterocycles. The van der Waals surface area contributed by atoms with E-state index in [0.29, 0.717) is 94.7 Å². The molecule has 14 rings (SSSR count). The molecule has 534 valence electrons. The number of anilines is 2. The van der Waals surface area contributed by atoms with Crippen LogP contribution in [-0.4, -0.2) is 161 Å². The fourth-order valence-electron chi connectivity index (χ4n) is 11.9. The van der Waals surface area contributed by atoms with Crippen molar-refractivity contribution >= 4 is 119 Å². The summed E-state index contributed by atoms with van der Waals surface area (Å²) in [6, 6.07) is 46.8. The first-order valence-corrected chi connectivity index (χ1v) is 36.3. The van der Waals surface area contributed by atoms with E-state index in [9.17, 15) is 38.4 Å². The Morgan fingerprint density at radius 2 is 0.786 bits per heavy atom. The van der Waals surface area contributed by atoms with Crippen molar-refractivity contribution in [1.82, 2.24) is 49.5 Å². The molecule has 0 bridgehead atoms. The minimum absolute atomic E-state index is 0.0000642. The van der Waals surface area contributed by atoms with Crippen molar-refractivity contribution in [2.24, 2.45) is 0 Å². The Bertz CT molecular complexity index is 4870. The predicted molar refractivity (Wildman–Crippen MR) is 405 cm³/mol. The molecule has 0 aliphatic carbocycles. The van der Waals surface area contributed by atoms with Crippen molar-refractivity contribution in [3.8, 4) is 0 Å². The van der Waals surface area contributed by atoms with Crippen molar-refractivity contribution in [2.45, 2.75) is 40.4 Å². The third kappa shape index (κ3) is 18.9. The Hall–Kier alpha value is -10.3. The molecule has 8 aromatic heterocycles. The molecule has 23 nitrogen and oxygen atoms in total. The maximum absolute atomic E-state index is 13.8. The standard InChI is InChI=1S/C27H26N4O4S.C22H24N4O3.C18H15ClN2O3.C5H3ClOS.C4H10N2/c1-2-35-27(34)22-23(29-13-15-30(16-14-29)25(32)21-11-7-17-36-21)20-10-6-12-28-24(20)31(26(22)33)18-19-8-4-3-5-9-19;1-2-29-22(28)18-19(25-13-11-23-12-14-25)17-9-6-10-24-20(17)26(21(18)27)15-16-7-4-3-5-8-16;1-2-24-18(23)14-15(19)13-9-6-10-20-16(13)21(17(14)22)11-12-7-4-3-5-8-12;6-5(7)4-2-1-3-8-4;1-2-6-4-3-5-1/h3-12,17H,2,13-16,18H2,1H3;3-10,23H,2,11-15H2,1H3;3-10H,2,11H2,1H3;1-3H;5-6H,1-4H2. The van der Waals surface area contributed by atoms with E-state index >= 15 is 0 Å². The Morgan fingerprint density at radius 3 is 1.16 bits per heavy atom. The number of fused-ring (bicyclic) bond motifs is 3. The number of hydrogen-bond donors (Lipinski definition) is 3. The van der Waals surface area contributed by atoms with E-state index in [0.717, 1.165) is 61.3 Å². The van der Waals surface area contributed by atoms with Crippen LogP contribution >= 0.6 is 45.9 Å². The van der Waals surface area contributed by atoms with Gasteiger partial charge in [0.25, 0.3) is 27.8 Å². The van der Waals surface area contributed by atoms with Crippen molar-refractivity contribution in [3.63, 3.8) is 0 Å². The van der Waals surface area contributed by atoms with E-state index in [-0.39, 0.29) is 71.3 Å². The predicted octanol–water partition coefficient (Wildman–Crippen LogP) is 10.3. The van der Waals surface area contributed by atoms with Gasteiger partial charge in [-0.15, -0.1) is 22.7 Å². The summed E-state index contributed by atoms with van der Waals surface area (Å²) in [5.74, 6) is -1.96. The summed E-state index contributed by atoms with van der Waals surface area (Å²) in [5, 5.41) is 15.2. The van der Waals surface area contributed by atoms with E-state index < -0.39 is 29.0 Å². The summed E-state index contributed by atoms with van der Waals surface area (Å²) in [7, 11) is 0. The summed E-state index contributed by atoms with van der Waals surface area (Å²) in [4.78, 5) is 122. The average Bonchev–Trinajstić information content (AvgIpc) is 1.16. The van der Waals surface area contributed by atoms with Crippen molar-refractivity contribution < 1.29 is 38.2 Å². The molecule has 0 radical (unpaired) electrons. The van der Waals surface area contributed by atoms with Crippen LogP contribution in [0.3, 0.4) is 0 Å². The second-order valence-electron chi connectivity index (χ2n) is 23.3. The molecule has 0 unspecified atom stereocenters.